The van der Waals surface area contributed by atoms with E-state index in [1.807, 2.05) is 12.1 Å². The van der Waals surface area contributed by atoms with Gasteiger partial charge in [0, 0.05) is 13.1 Å². The lowest BCUT2D eigenvalue weighted by atomic mass is 9.95. The molecule has 0 N–H and O–H groups in total. The van der Waals surface area contributed by atoms with Crippen LogP contribution in [0.1, 0.15) is 37.0 Å². The van der Waals surface area contributed by atoms with Gasteiger partial charge in [-0.3, -0.25) is 4.90 Å². The second-order valence-electron chi connectivity index (χ2n) is 5.78. The molecule has 0 radical (unpaired) electrons. The molecule has 0 bridgehead atoms. The van der Waals surface area contributed by atoms with Crippen LogP contribution >= 0.6 is 0 Å². The molecule has 1 aliphatic rings. The molecule has 1 aliphatic heterocycles. The minimum absolute atomic E-state index is 0.762. The lowest BCUT2D eigenvalue weighted by molar-refractivity contribution is 0.296. The van der Waals surface area contributed by atoms with Crippen molar-refractivity contribution < 1.29 is 0 Å². The highest BCUT2D eigenvalue weighted by molar-refractivity contribution is 5.37. The van der Waals surface area contributed by atoms with Crippen LogP contribution in [0.25, 0.3) is 0 Å². The highest BCUT2D eigenvalue weighted by atomic mass is 15.1. The summed E-state index contributed by atoms with van der Waals surface area (Å²) in [4.78, 5) is 2.54. The van der Waals surface area contributed by atoms with Crippen molar-refractivity contribution in [2.45, 2.75) is 33.7 Å². The van der Waals surface area contributed by atoms with Gasteiger partial charge in [-0.2, -0.15) is 5.26 Å². The predicted molar refractivity (Wildman–Crippen MR) is 74.1 cm³/mol. The molecule has 2 heteroatoms. The fourth-order valence-electron chi connectivity index (χ4n) is 2.73. The molecule has 1 saturated heterocycles. The summed E-state index contributed by atoms with van der Waals surface area (Å²) in [6.45, 7) is 10.2. The molecule has 2 rings (SSSR count). The summed E-state index contributed by atoms with van der Waals surface area (Å²) in [7, 11) is 0. The second kappa shape index (κ2) is 5.54. The normalized spacial score (nSPS) is 20.3. The van der Waals surface area contributed by atoms with E-state index in [-0.39, 0.29) is 0 Å². The molecule has 18 heavy (non-hydrogen) atoms. The third-order valence-corrected chi connectivity index (χ3v) is 4.12. The standard InChI is InChI=1S/C16H22N2/c1-12(2)15-6-7-18(10-15)11-16-5-4-14(9-17)8-13(16)3/h4-5,8,12,15H,6-7,10-11H2,1-3H3. The SMILES string of the molecule is Cc1cc(C#N)ccc1CN1CCC(C(C)C)C1. The summed E-state index contributed by atoms with van der Waals surface area (Å²) in [6.07, 6.45) is 1.33. The van der Waals surface area contributed by atoms with Crippen molar-refractivity contribution >= 4 is 0 Å². The van der Waals surface area contributed by atoms with Crippen LogP contribution in [0, 0.1) is 30.1 Å². The van der Waals surface area contributed by atoms with E-state index in [0.717, 1.165) is 23.9 Å². The van der Waals surface area contributed by atoms with Crippen LogP contribution in [-0.4, -0.2) is 18.0 Å². The van der Waals surface area contributed by atoms with Crippen molar-refractivity contribution in [2.24, 2.45) is 11.8 Å². The zero-order valence-electron chi connectivity index (χ0n) is 11.6. The Morgan fingerprint density at radius 3 is 2.78 bits per heavy atom. The Bertz CT molecular complexity index is 457. The molecule has 1 aromatic carbocycles. The number of rotatable bonds is 3. The van der Waals surface area contributed by atoms with Gasteiger partial charge >= 0.3 is 0 Å². The number of nitriles is 1. The first-order valence-corrected chi connectivity index (χ1v) is 6.82. The van der Waals surface area contributed by atoms with Gasteiger partial charge in [0.1, 0.15) is 0 Å². The van der Waals surface area contributed by atoms with E-state index in [9.17, 15) is 0 Å². The summed E-state index contributed by atoms with van der Waals surface area (Å²) in [5, 5.41) is 8.87. The Morgan fingerprint density at radius 2 is 2.22 bits per heavy atom. The van der Waals surface area contributed by atoms with Crippen LogP contribution in [0.15, 0.2) is 18.2 Å². The Morgan fingerprint density at radius 1 is 1.44 bits per heavy atom. The minimum Gasteiger partial charge on any atom is -0.299 e. The summed E-state index contributed by atoms with van der Waals surface area (Å²) in [6, 6.07) is 8.23. The monoisotopic (exact) mass is 242 g/mol. The van der Waals surface area contributed by atoms with Gasteiger partial charge in [-0.15, -0.1) is 0 Å². The van der Waals surface area contributed by atoms with Crippen LogP contribution in [0.4, 0.5) is 0 Å². The molecule has 2 nitrogen and oxygen atoms in total. The second-order valence-corrected chi connectivity index (χ2v) is 5.78. The maximum Gasteiger partial charge on any atom is 0.0991 e. The lowest BCUT2D eigenvalue weighted by Gasteiger charge is -2.19. The number of aryl methyl sites for hydroxylation is 1. The first kappa shape index (κ1) is 13.1. The van der Waals surface area contributed by atoms with Gasteiger partial charge in [0.15, 0.2) is 0 Å². The van der Waals surface area contributed by atoms with E-state index >= 15 is 0 Å². The molecule has 0 amide bonds. The van der Waals surface area contributed by atoms with E-state index in [1.54, 1.807) is 0 Å². The molecule has 1 heterocycles. The minimum atomic E-state index is 0.762. The van der Waals surface area contributed by atoms with Crippen LogP contribution in [0.5, 0.6) is 0 Å². The van der Waals surface area contributed by atoms with Crippen molar-refractivity contribution in [2.75, 3.05) is 13.1 Å². The summed E-state index contributed by atoms with van der Waals surface area (Å²) in [5.74, 6) is 1.64. The smallest absolute Gasteiger partial charge is 0.0991 e. The van der Waals surface area contributed by atoms with Crippen molar-refractivity contribution in [3.63, 3.8) is 0 Å². The summed E-state index contributed by atoms with van der Waals surface area (Å²) in [5.41, 5.74) is 3.36. The van der Waals surface area contributed by atoms with E-state index in [4.69, 9.17) is 5.26 Å². The first-order chi connectivity index (χ1) is 8.60. The Balaban J connectivity index is 2.01. The quantitative estimate of drug-likeness (QED) is 0.812. The van der Waals surface area contributed by atoms with E-state index < -0.39 is 0 Å². The lowest BCUT2D eigenvalue weighted by Crippen LogP contribution is -2.21. The maximum absolute atomic E-state index is 8.87. The van der Waals surface area contributed by atoms with Crippen LogP contribution in [-0.2, 0) is 6.54 Å². The van der Waals surface area contributed by atoms with Gasteiger partial charge < -0.3 is 0 Å². The van der Waals surface area contributed by atoms with Crippen molar-refractivity contribution in [1.29, 1.82) is 5.26 Å². The summed E-state index contributed by atoms with van der Waals surface area (Å²) >= 11 is 0. The predicted octanol–water partition coefficient (Wildman–Crippen LogP) is 3.34. The largest absolute Gasteiger partial charge is 0.299 e. The average molecular weight is 242 g/mol. The Labute approximate surface area is 110 Å². The van der Waals surface area contributed by atoms with Gasteiger partial charge in [0.25, 0.3) is 0 Å². The van der Waals surface area contributed by atoms with Crippen LogP contribution in [0.2, 0.25) is 0 Å². The van der Waals surface area contributed by atoms with E-state index in [2.05, 4.69) is 37.8 Å². The number of likely N-dealkylation sites (tertiary alicyclic amines) is 1. The van der Waals surface area contributed by atoms with Crippen LogP contribution in [0.3, 0.4) is 0 Å². The molecule has 1 fully saturated rings. The van der Waals surface area contributed by atoms with Crippen molar-refractivity contribution in [3.8, 4) is 6.07 Å². The van der Waals surface area contributed by atoms with E-state index in [1.165, 1.54) is 30.6 Å². The molecule has 1 atom stereocenters. The molecule has 0 spiro atoms. The average Bonchev–Trinajstić information content (AvgIpc) is 2.80. The van der Waals surface area contributed by atoms with E-state index in [0.29, 0.717) is 0 Å². The number of nitrogens with zero attached hydrogens (tertiary/aromatic N) is 2. The molecular weight excluding hydrogens is 220 g/mol. The third kappa shape index (κ3) is 2.91. The fraction of sp³-hybridized carbons (Fsp3) is 0.562. The Hall–Kier alpha value is -1.33. The molecule has 0 saturated carbocycles. The molecular formula is C16H22N2. The molecule has 96 valence electrons. The molecule has 1 aromatic rings. The molecule has 0 aromatic heterocycles. The van der Waals surface area contributed by atoms with Gasteiger partial charge in [-0.25, -0.2) is 0 Å². The fourth-order valence-corrected chi connectivity index (χ4v) is 2.73. The van der Waals surface area contributed by atoms with Gasteiger partial charge in [0.05, 0.1) is 11.6 Å². The van der Waals surface area contributed by atoms with Crippen molar-refractivity contribution in [1.82, 2.24) is 4.90 Å². The number of hydrogen-bond donors (Lipinski definition) is 0. The van der Waals surface area contributed by atoms with Crippen molar-refractivity contribution in [3.05, 3.63) is 34.9 Å². The zero-order valence-corrected chi connectivity index (χ0v) is 11.6. The highest BCUT2D eigenvalue weighted by Crippen LogP contribution is 2.25. The maximum atomic E-state index is 8.87. The first-order valence-electron chi connectivity index (χ1n) is 6.82. The van der Waals surface area contributed by atoms with Gasteiger partial charge in [-0.05, 0) is 55.0 Å². The highest BCUT2D eigenvalue weighted by Gasteiger charge is 2.24. The Kier molecular flexibility index (Phi) is 4.04. The van der Waals surface area contributed by atoms with Gasteiger partial charge in [0.2, 0.25) is 0 Å². The number of benzene rings is 1. The zero-order chi connectivity index (χ0) is 13.1. The number of hydrogen-bond acceptors (Lipinski definition) is 2. The van der Waals surface area contributed by atoms with Crippen LogP contribution < -0.4 is 0 Å². The topological polar surface area (TPSA) is 27.0 Å². The molecule has 1 unspecified atom stereocenters. The molecule has 0 aliphatic carbocycles. The summed E-state index contributed by atoms with van der Waals surface area (Å²) < 4.78 is 0. The third-order valence-electron chi connectivity index (χ3n) is 4.12. The van der Waals surface area contributed by atoms with Gasteiger partial charge in [-0.1, -0.05) is 19.9 Å².